The molecule has 0 bridgehead atoms. The zero-order chi connectivity index (χ0) is 24.9. The molecule has 2 aromatic carbocycles. The number of benzene rings is 2. The van der Waals surface area contributed by atoms with Crippen LogP contribution in [0.2, 0.25) is 0 Å². The highest BCUT2D eigenvalue weighted by Gasteiger charge is 2.28. The van der Waals surface area contributed by atoms with E-state index in [9.17, 15) is 9.59 Å². The Hall–Kier alpha value is -2.77. The summed E-state index contributed by atoms with van der Waals surface area (Å²) in [6.45, 7) is 8.58. The van der Waals surface area contributed by atoms with E-state index in [0.29, 0.717) is 17.0 Å². The van der Waals surface area contributed by atoms with Crippen LogP contribution in [0.3, 0.4) is 0 Å². The molecule has 0 spiro atoms. The highest BCUT2D eigenvalue weighted by molar-refractivity contribution is 8.04. The molecule has 2 heterocycles. The van der Waals surface area contributed by atoms with Gasteiger partial charge in [0.15, 0.2) is 0 Å². The topological polar surface area (TPSA) is 61.9 Å². The SMILES string of the molecule is COc1ccccc1/C=C1/Sc2ccc(C(=O)NCCCN3CC(C)CC(C)C3)cc2N(C)C1=O. The highest BCUT2D eigenvalue weighted by atomic mass is 32.2. The summed E-state index contributed by atoms with van der Waals surface area (Å²) in [6, 6.07) is 13.2. The summed E-state index contributed by atoms with van der Waals surface area (Å²) < 4.78 is 5.42. The summed E-state index contributed by atoms with van der Waals surface area (Å²) in [5.74, 6) is 2.00. The lowest BCUT2D eigenvalue weighted by molar-refractivity contribution is -0.114. The number of para-hydroxylation sites is 1. The van der Waals surface area contributed by atoms with Crippen LogP contribution in [-0.2, 0) is 4.79 Å². The Morgan fingerprint density at radius 3 is 2.66 bits per heavy atom. The summed E-state index contributed by atoms with van der Waals surface area (Å²) in [5.41, 5.74) is 2.18. The quantitative estimate of drug-likeness (QED) is 0.439. The van der Waals surface area contributed by atoms with Crippen molar-refractivity contribution in [1.82, 2.24) is 10.2 Å². The minimum absolute atomic E-state index is 0.101. The number of anilines is 1. The first-order valence-corrected chi connectivity index (χ1v) is 13.1. The third kappa shape index (κ3) is 6.08. The van der Waals surface area contributed by atoms with Gasteiger partial charge in [-0.15, -0.1) is 0 Å². The molecule has 35 heavy (non-hydrogen) atoms. The van der Waals surface area contributed by atoms with Gasteiger partial charge in [-0.2, -0.15) is 0 Å². The number of fused-ring (bicyclic) bond motifs is 1. The smallest absolute Gasteiger partial charge is 0.264 e. The van der Waals surface area contributed by atoms with Crippen LogP contribution in [0.15, 0.2) is 52.3 Å². The fourth-order valence-corrected chi connectivity index (χ4v) is 6.13. The zero-order valence-electron chi connectivity index (χ0n) is 21.0. The summed E-state index contributed by atoms with van der Waals surface area (Å²) in [6.07, 6.45) is 4.09. The molecular formula is C28H35N3O3S. The Kier molecular flexibility index (Phi) is 8.19. The van der Waals surface area contributed by atoms with Crippen LogP contribution in [0, 0.1) is 11.8 Å². The number of rotatable bonds is 7. The van der Waals surface area contributed by atoms with Gasteiger partial charge in [0.25, 0.3) is 11.8 Å². The molecule has 2 amide bonds. The van der Waals surface area contributed by atoms with Gasteiger partial charge >= 0.3 is 0 Å². The molecule has 6 nitrogen and oxygen atoms in total. The molecule has 1 saturated heterocycles. The summed E-state index contributed by atoms with van der Waals surface area (Å²) >= 11 is 1.42. The van der Waals surface area contributed by atoms with Gasteiger partial charge in [-0.25, -0.2) is 0 Å². The number of likely N-dealkylation sites (N-methyl/N-ethyl adjacent to an activating group) is 1. The van der Waals surface area contributed by atoms with Crippen molar-refractivity contribution in [3.05, 3.63) is 58.5 Å². The van der Waals surface area contributed by atoms with E-state index in [0.717, 1.165) is 59.8 Å². The van der Waals surface area contributed by atoms with Gasteiger partial charge in [0, 0.05) is 42.7 Å². The van der Waals surface area contributed by atoms with Gasteiger partial charge in [0.05, 0.1) is 17.7 Å². The van der Waals surface area contributed by atoms with Crippen molar-refractivity contribution in [3.8, 4) is 5.75 Å². The maximum Gasteiger partial charge on any atom is 0.264 e. The molecule has 4 rings (SSSR count). The normalized spacial score (nSPS) is 21.7. The van der Waals surface area contributed by atoms with Gasteiger partial charge in [0.2, 0.25) is 0 Å². The molecule has 7 heteroatoms. The van der Waals surface area contributed by atoms with E-state index in [2.05, 4.69) is 24.1 Å². The van der Waals surface area contributed by atoms with Gasteiger partial charge in [-0.3, -0.25) is 9.59 Å². The van der Waals surface area contributed by atoms with E-state index < -0.39 is 0 Å². The Morgan fingerprint density at radius 1 is 1.17 bits per heavy atom. The third-order valence-electron chi connectivity index (χ3n) is 6.62. The second-order valence-corrected chi connectivity index (χ2v) is 10.8. The van der Waals surface area contributed by atoms with Crippen molar-refractivity contribution >= 4 is 35.3 Å². The van der Waals surface area contributed by atoms with Crippen LogP contribution in [-0.4, -0.2) is 57.1 Å². The van der Waals surface area contributed by atoms with Crippen LogP contribution < -0.4 is 15.0 Å². The molecule has 1 fully saturated rings. The number of methoxy groups -OCH3 is 1. The van der Waals surface area contributed by atoms with Gasteiger partial charge < -0.3 is 19.9 Å². The lowest BCUT2D eigenvalue weighted by Crippen LogP contribution is -2.40. The number of carbonyl (C=O) groups is 2. The minimum atomic E-state index is -0.102. The first-order valence-electron chi connectivity index (χ1n) is 12.3. The maximum absolute atomic E-state index is 13.1. The van der Waals surface area contributed by atoms with E-state index in [-0.39, 0.29) is 11.8 Å². The molecule has 0 aromatic heterocycles. The molecule has 0 saturated carbocycles. The van der Waals surface area contributed by atoms with Crippen molar-refractivity contribution in [3.63, 3.8) is 0 Å². The Morgan fingerprint density at radius 2 is 1.91 bits per heavy atom. The number of amides is 2. The van der Waals surface area contributed by atoms with E-state index >= 15 is 0 Å². The molecule has 2 atom stereocenters. The number of piperidine rings is 1. The van der Waals surface area contributed by atoms with Crippen molar-refractivity contribution in [2.45, 2.75) is 31.6 Å². The van der Waals surface area contributed by atoms with Crippen LogP contribution in [0.4, 0.5) is 5.69 Å². The number of thioether (sulfide) groups is 1. The predicted molar refractivity (Wildman–Crippen MR) is 143 cm³/mol. The minimum Gasteiger partial charge on any atom is -0.496 e. The molecule has 1 N–H and O–H groups in total. The average Bonchev–Trinajstić information content (AvgIpc) is 2.84. The number of nitrogens with zero attached hydrogens (tertiary/aromatic N) is 2. The number of carbonyl (C=O) groups excluding carboxylic acids is 2. The fourth-order valence-electron chi connectivity index (χ4n) is 5.04. The molecule has 2 aromatic rings. The second-order valence-electron chi connectivity index (χ2n) is 9.71. The lowest BCUT2D eigenvalue weighted by atomic mass is 9.92. The molecule has 2 aliphatic rings. The first-order chi connectivity index (χ1) is 16.9. The molecule has 0 radical (unpaired) electrons. The van der Waals surface area contributed by atoms with Crippen molar-refractivity contribution in [2.24, 2.45) is 11.8 Å². The first kappa shape index (κ1) is 25.3. The van der Waals surface area contributed by atoms with E-state index in [4.69, 9.17) is 4.74 Å². The lowest BCUT2D eigenvalue weighted by Gasteiger charge is -2.34. The standard InChI is InChI=1S/C28H35N3O3S/c1-19-14-20(2)18-31(17-19)13-7-12-29-27(32)22-10-11-25-23(15-22)30(3)28(33)26(35-25)16-21-8-5-6-9-24(21)34-4/h5-6,8-11,15-16,19-20H,7,12-14,17-18H2,1-4H3,(H,29,32)/b26-16+. The van der Waals surface area contributed by atoms with Crippen LogP contribution in [0.5, 0.6) is 5.75 Å². The van der Waals surface area contributed by atoms with Gasteiger partial charge in [0.1, 0.15) is 5.75 Å². The number of ether oxygens (including phenoxy) is 1. The van der Waals surface area contributed by atoms with E-state index in [1.54, 1.807) is 19.1 Å². The van der Waals surface area contributed by atoms with Crippen molar-refractivity contribution in [2.75, 3.05) is 45.2 Å². The Balaban J connectivity index is 1.38. The maximum atomic E-state index is 13.1. The Labute approximate surface area is 212 Å². The van der Waals surface area contributed by atoms with Crippen LogP contribution >= 0.6 is 11.8 Å². The molecular weight excluding hydrogens is 458 g/mol. The average molecular weight is 494 g/mol. The number of likely N-dealkylation sites (tertiary alicyclic amines) is 1. The summed E-state index contributed by atoms with van der Waals surface area (Å²) in [5, 5.41) is 3.05. The third-order valence-corrected chi connectivity index (χ3v) is 7.70. The fraction of sp³-hybridized carbons (Fsp3) is 0.429. The number of hydrogen-bond acceptors (Lipinski definition) is 5. The van der Waals surface area contributed by atoms with Gasteiger partial charge in [-0.05, 0) is 61.6 Å². The molecule has 2 unspecified atom stereocenters. The second kappa shape index (κ2) is 11.3. The van der Waals surface area contributed by atoms with Crippen LogP contribution in [0.25, 0.3) is 6.08 Å². The molecule has 0 aliphatic carbocycles. The van der Waals surface area contributed by atoms with E-state index in [1.165, 1.54) is 18.2 Å². The van der Waals surface area contributed by atoms with Crippen molar-refractivity contribution < 1.29 is 14.3 Å². The largest absolute Gasteiger partial charge is 0.496 e. The van der Waals surface area contributed by atoms with Crippen LogP contribution in [0.1, 0.15) is 42.6 Å². The molecule has 2 aliphatic heterocycles. The zero-order valence-corrected chi connectivity index (χ0v) is 21.9. The monoisotopic (exact) mass is 493 g/mol. The molecule has 186 valence electrons. The Bertz CT molecular complexity index is 1110. The van der Waals surface area contributed by atoms with Crippen molar-refractivity contribution in [1.29, 1.82) is 0 Å². The summed E-state index contributed by atoms with van der Waals surface area (Å²) in [7, 11) is 3.37. The summed E-state index contributed by atoms with van der Waals surface area (Å²) in [4.78, 5) is 31.5. The number of nitrogens with one attached hydrogen (secondary N) is 1. The number of hydrogen-bond donors (Lipinski definition) is 1. The predicted octanol–water partition coefficient (Wildman–Crippen LogP) is 4.90. The van der Waals surface area contributed by atoms with E-state index in [1.807, 2.05) is 48.5 Å². The highest BCUT2D eigenvalue weighted by Crippen LogP contribution is 2.42. The van der Waals surface area contributed by atoms with Gasteiger partial charge in [-0.1, -0.05) is 43.8 Å².